The van der Waals surface area contributed by atoms with Crippen LogP contribution in [0.25, 0.3) is 0 Å². The molecular weight excluding hydrogens is 672 g/mol. The molecule has 1 aliphatic rings. The molecule has 3 atom stereocenters. The van der Waals surface area contributed by atoms with E-state index in [-0.39, 0.29) is 62.4 Å². The van der Waals surface area contributed by atoms with Gasteiger partial charge in [0.2, 0.25) is 23.6 Å². The lowest BCUT2D eigenvalue weighted by molar-refractivity contribution is -0.143. The first kappa shape index (κ1) is 40.3. The van der Waals surface area contributed by atoms with Gasteiger partial charge in [-0.15, -0.1) is 0 Å². The second-order valence-electron chi connectivity index (χ2n) is 14.3. The van der Waals surface area contributed by atoms with Gasteiger partial charge in [-0.3, -0.25) is 24.2 Å². The molecule has 1 aliphatic heterocycles. The minimum absolute atomic E-state index is 0.0928. The zero-order valence-corrected chi connectivity index (χ0v) is 31.2. The Bertz CT molecular complexity index is 1750. The van der Waals surface area contributed by atoms with Crippen molar-refractivity contribution in [3.05, 3.63) is 100 Å². The summed E-state index contributed by atoms with van der Waals surface area (Å²) in [5.74, 6) is -1.47. The third-order valence-corrected chi connectivity index (χ3v) is 9.33. The van der Waals surface area contributed by atoms with Crippen molar-refractivity contribution in [2.75, 3.05) is 19.6 Å². The van der Waals surface area contributed by atoms with Gasteiger partial charge >= 0.3 is 0 Å². The number of amides is 4. The first-order valence-corrected chi connectivity index (χ1v) is 18.1. The summed E-state index contributed by atoms with van der Waals surface area (Å²) in [6.45, 7) is 8.93. The second-order valence-corrected chi connectivity index (χ2v) is 14.3. The van der Waals surface area contributed by atoms with Crippen molar-refractivity contribution in [3.8, 4) is 5.75 Å². The topological polar surface area (TPSA) is 209 Å². The van der Waals surface area contributed by atoms with Crippen LogP contribution in [0, 0.1) is 19.8 Å². The Morgan fingerprint density at radius 2 is 1.62 bits per heavy atom. The van der Waals surface area contributed by atoms with Crippen LogP contribution < -0.4 is 27.8 Å². The van der Waals surface area contributed by atoms with E-state index < -0.39 is 35.8 Å². The molecule has 0 unspecified atom stereocenters. The first-order chi connectivity index (χ1) is 25.2. The zero-order valence-electron chi connectivity index (χ0n) is 31.2. The summed E-state index contributed by atoms with van der Waals surface area (Å²) < 4.78 is 0. The lowest BCUT2D eigenvalue weighted by Crippen LogP contribution is -2.57. The van der Waals surface area contributed by atoms with Crippen LogP contribution in [0.3, 0.4) is 0 Å². The molecule has 53 heavy (non-hydrogen) atoms. The molecule has 0 bridgehead atoms. The number of hydrogen-bond acceptors (Lipinski definition) is 7. The van der Waals surface area contributed by atoms with Crippen LogP contribution in [0.1, 0.15) is 60.1 Å². The number of hydrogen-bond donors (Lipinski definition) is 6. The van der Waals surface area contributed by atoms with Crippen molar-refractivity contribution in [1.82, 2.24) is 20.4 Å². The Balaban J connectivity index is 1.54. The number of phenols is 1. The normalized spacial score (nSPS) is 15.2. The highest BCUT2D eigenvalue weighted by molar-refractivity contribution is 5.94. The van der Waals surface area contributed by atoms with E-state index in [4.69, 9.17) is 17.2 Å². The SMILES string of the molecule is Cc1cc(O)cc(C)c1C[C@H](N)C(=O)N[C@H](CCCN=C(N)N)C(=O)N[C@H]1Cc2ccccc2CN(CC(=O)N(Cc2ccccc2)CC(C)C)C1=O. The Hall–Kier alpha value is -5.43. The molecule has 0 spiro atoms. The van der Waals surface area contributed by atoms with Gasteiger partial charge < -0.3 is 42.7 Å². The maximum Gasteiger partial charge on any atom is 0.246 e. The Kier molecular flexibility index (Phi) is 14.4. The summed E-state index contributed by atoms with van der Waals surface area (Å²) in [6.07, 6.45) is 0.919. The van der Waals surface area contributed by atoms with E-state index in [0.29, 0.717) is 19.5 Å². The Labute approximate surface area is 312 Å². The average Bonchev–Trinajstić information content (AvgIpc) is 3.22. The summed E-state index contributed by atoms with van der Waals surface area (Å²) in [5, 5.41) is 15.6. The maximum atomic E-state index is 14.2. The van der Waals surface area contributed by atoms with Crippen LogP contribution in [-0.2, 0) is 45.1 Å². The van der Waals surface area contributed by atoms with Gasteiger partial charge in [0.25, 0.3) is 0 Å². The van der Waals surface area contributed by atoms with Gasteiger partial charge in [-0.1, -0.05) is 68.4 Å². The van der Waals surface area contributed by atoms with Crippen LogP contribution in [-0.4, -0.2) is 82.3 Å². The number of fused-ring (bicyclic) bond motifs is 1. The van der Waals surface area contributed by atoms with Crippen molar-refractivity contribution in [1.29, 1.82) is 0 Å². The summed E-state index contributed by atoms with van der Waals surface area (Å²) in [7, 11) is 0. The fourth-order valence-corrected chi connectivity index (χ4v) is 6.66. The van der Waals surface area contributed by atoms with Crippen LogP contribution >= 0.6 is 0 Å². The number of nitrogens with one attached hydrogen (secondary N) is 2. The van der Waals surface area contributed by atoms with E-state index in [1.165, 1.54) is 4.90 Å². The first-order valence-electron chi connectivity index (χ1n) is 18.1. The Morgan fingerprint density at radius 3 is 2.26 bits per heavy atom. The molecule has 13 nitrogen and oxygen atoms in total. The van der Waals surface area contributed by atoms with Crippen molar-refractivity contribution < 1.29 is 24.3 Å². The minimum Gasteiger partial charge on any atom is -0.508 e. The van der Waals surface area contributed by atoms with Gasteiger partial charge in [0, 0.05) is 32.6 Å². The number of carbonyl (C=O) groups excluding carboxylic acids is 4. The molecule has 0 aromatic heterocycles. The van der Waals surface area contributed by atoms with Gasteiger partial charge in [-0.05, 0) is 84.5 Å². The van der Waals surface area contributed by atoms with Gasteiger partial charge in [0.15, 0.2) is 5.96 Å². The number of rotatable bonds is 16. The molecule has 1 heterocycles. The highest BCUT2D eigenvalue weighted by Crippen LogP contribution is 2.23. The molecule has 3 aromatic carbocycles. The Morgan fingerprint density at radius 1 is 0.981 bits per heavy atom. The van der Waals surface area contributed by atoms with Crippen LogP contribution in [0.4, 0.5) is 0 Å². The number of phenolic OH excluding ortho intramolecular Hbond substituents is 1. The summed E-state index contributed by atoms with van der Waals surface area (Å²) >= 11 is 0. The van der Waals surface area contributed by atoms with Crippen LogP contribution in [0.2, 0.25) is 0 Å². The second kappa shape index (κ2) is 18.9. The number of aliphatic imine (C=N–C) groups is 1. The molecule has 9 N–H and O–H groups in total. The number of nitrogens with two attached hydrogens (primary N) is 3. The van der Waals surface area contributed by atoms with Crippen LogP contribution in [0.15, 0.2) is 71.7 Å². The summed E-state index contributed by atoms with van der Waals surface area (Å²) in [4.78, 5) is 62.8. The molecule has 4 amide bonds. The quantitative estimate of drug-likeness (QED) is 0.0731. The molecular formula is C40H54N8O5. The lowest BCUT2D eigenvalue weighted by atomic mass is 9.95. The number of guanidine groups is 1. The van der Waals surface area contributed by atoms with E-state index >= 15 is 0 Å². The van der Waals surface area contributed by atoms with Crippen molar-refractivity contribution in [3.63, 3.8) is 0 Å². The number of carbonyl (C=O) groups is 4. The molecule has 284 valence electrons. The monoisotopic (exact) mass is 726 g/mol. The fraction of sp³-hybridized carbons (Fsp3) is 0.425. The van der Waals surface area contributed by atoms with Crippen molar-refractivity contribution >= 4 is 29.6 Å². The molecule has 0 saturated heterocycles. The van der Waals surface area contributed by atoms with Crippen molar-refractivity contribution in [2.24, 2.45) is 28.1 Å². The molecule has 0 saturated carbocycles. The smallest absolute Gasteiger partial charge is 0.246 e. The molecule has 13 heteroatoms. The average molecular weight is 727 g/mol. The third-order valence-electron chi connectivity index (χ3n) is 9.33. The highest BCUT2D eigenvalue weighted by atomic mass is 16.3. The van der Waals surface area contributed by atoms with E-state index in [0.717, 1.165) is 33.4 Å². The number of aromatic hydroxyl groups is 1. The molecule has 3 aromatic rings. The number of nitrogens with zero attached hydrogens (tertiary/aromatic N) is 3. The van der Waals surface area contributed by atoms with Crippen molar-refractivity contribution in [2.45, 2.75) is 84.6 Å². The molecule has 0 aliphatic carbocycles. The number of aryl methyl sites for hydroxylation is 2. The lowest BCUT2D eigenvalue weighted by Gasteiger charge is -2.30. The van der Waals surface area contributed by atoms with E-state index in [9.17, 15) is 24.3 Å². The summed E-state index contributed by atoms with van der Waals surface area (Å²) in [5.41, 5.74) is 22.5. The van der Waals surface area contributed by atoms with Gasteiger partial charge in [0.1, 0.15) is 24.4 Å². The third kappa shape index (κ3) is 11.8. The van der Waals surface area contributed by atoms with E-state index in [1.807, 2.05) is 82.3 Å². The minimum atomic E-state index is -1.06. The molecule has 4 rings (SSSR count). The van der Waals surface area contributed by atoms with Gasteiger partial charge in [-0.2, -0.15) is 0 Å². The zero-order chi connectivity index (χ0) is 38.7. The molecule has 0 radical (unpaired) electrons. The van der Waals surface area contributed by atoms with Crippen LogP contribution in [0.5, 0.6) is 5.75 Å². The standard InChI is InChI=1S/C40H54N8O5/c1-25(2)21-47(22-28-11-6-5-7-12-28)36(50)24-48-23-30-14-9-8-13-29(30)19-35(39(48)53)46-38(52)34(15-10-16-44-40(42)43)45-37(51)33(41)20-32-26(3)17-31(49)18-27(32)4/h5-9,11-14,17-18,25,33-35,49H,10,15-16,19-24,41H2,1-4H3,(H,45,51)(H,46,52)(H4,42,43,44)/t33-,34+,35-/m0/s1. The van der Waals surface area contributed by atoms with Gasteiger partial charge in [0.05, 0.1) is 6.04 Å². The van der Waals surface area contributed by atoms with E-state index in [1.54, 1.807) is 17.0 Å². The highest BCUT2D eigenvalue weighted by Gasteiger charge is 2.35. The van der Waals surface area contributed by atoms with E-state index in [2.05, 4.69) is 15.6 Å². The predicted octanol–water partition coefficient (Wildman–Crippen LogP) is 2.17. The largest absolute Gasteiger partial charge is 0.508 e. The number of benzene rings is 3. The summed E-state index contributed by atoms with van der Waals surface area (Å²) in [6, 6.07) is 17.5. The fourth-order valence-electron chi connectivity index (χ4n) is 6.66. The molecule has 0 fully saturated rings. The maximum absolute atomic E-state index is 14.2. The predicted molar refractivity (Wildman–Crippen MR) is 205 cm³/mol. The van der Waals surface area contributed by atoms with Gasteiger partial charge in [-0.25, -0.2) is 0 Å².